The molecule has 1 aromatic heterocycles. The average molecular weight is 479 g/mol. The van der Waals surface area contributed by atoms with Crippen LogP contribution in [0, 0.1) is 42.4 Å². The predicted octanol–water partition coefficient (Wildman–Crippen LogP) is 4.48. The fourth-order valence-corrected chi connectivity index (χ4v) is 4.33. The number of nitriles is 2. The van der Waals surface area contributed by atoms with E-state index in [-0.39, 0.29) is 11.5 Å². The lowest BCUT2D eigenvalue weighted by Crippen LogP contribution is -2.40. The molecule has 8 nitrogen and oxygen atoms in total. The minimum Gasteiger partial charge on any atom is -0.462 e. The maximum Gasteiger partial charge on any atom is 0.338 e. The highest BCUT2D eigenvalue weighted by atomic mass is 16.5. The molecule has 0 spiro atoms. The number of carbonyl (C=O) groups is 1. The van der Waals surface area contributed by atoms with Crippen molar-refractivity contribution in [3.8, 4) is 17.8 Å². The van der Waals surface area contributed by atoms with E-state index in [1.54, 1.807) is 30.1 Å². The lowest BCUT2D eigenvalue weighted by Gasteiger charge is -2.21. The second kappa shape index (κ2) is 10.3. The fourth-order valence-electron chi connectivity index (χ4n) is 4.33. The Kier molecular flexibility index (Phi) is 7.00. The van der Waals surface area contributed by atoms with Crippen LogP contribution in [0.4, 0.5) is 5.69 Å². The number of hydrogen-bond donors (Lipinski definition) is 1. The highest BCUT2D eigenvalue weighted by Crippen LogP contribution is 2.30. The number of para-hydroxylation sites is 1. The summed E-state index contributed by atoms with van der Waals surface area (Å²) in [6.45, 7) is 6.01. The van der Waals surface area contributed by atoms with Crippen LogP contribution in [0.5, 0.6) is 0 Å². The van der Waals surface area contributed by atoms with E-state index in [4.69, 9.17) is 10.5 Å². The monoisotopic (exact) mass is 478 g/mol. The number of nitrogens with zero attached hydrogens (tertiary/aromatic N) is 5. The number of esters is 1. The zero-order chi connectivity index (χ0) is 25.8. The summed E-state index contributed by atoms with van der Waals surface area (Å²) in [7, 11) is 0. The molecule has 2 aromatic carbocycles. The van der Waals surface area contributed by atoms with Gasteiger partial charge in [0.2, 0.25) is 0 Å². The quantitative estimate of drug-likeness (QED) is 0.412. The van der Waals surface area contributed by atoms with Crippen LogP contribution in [-0.4, -0.2) is 29.0 Å². The van der Waals surface area contributed by atoms with Gasteiger partial charge in [-0.2, -0.15) is 15.6 Å². The van der Waals surface area contributed by atoms with Gasteiger partial charge in [-0.15, -0.1) is 0 Å². The van der Waals surface area contributed by atoms with Gasteiger partial charge in [0.1, 0.15) is 18.2 Å². The summed E-state index contributed by atoms with van der Waals surface area (Å²) in [4.78, 5) is 12.0. The molecule has 0 unspecified atom stereocenters. The Morgan fingerprint density at radius 3 is 2.42 bits per heavy atom. The molecule has 0 amide bonds. The van der Waals surface area contributed by atoms with Gasteiger partial charge in [0.15, 0.2) is 0 Å². The van der Waals surface area contributed by atoms with E-state index >= 15 is 0 Å². The highest BCUT2D eigenvalue weighted by molar-refractivity contribution is 6.11. The summed E-state index contributed by atoms with van der Waals surface area (Å²) < 4.78 is 7.10. The second-order valence-electron chi connectivity index (χ2n) is 8.36. The molecule has 8 heteroatoms. The Morgan fingerprint density at radius 1 is 1.11 bits per heavy atom. The molecule has 0 fully saturated rings. The topological polar surface area (TPSA) is 120 Å². The van der Waals surface area contributed by atoms with E-state index in [2.05, 4.69) is 17.2 Å². The van der Waals surface area contributed by atoms with E-state index in [1.807, 2.05) is 66.9 Å². The van der Waals surface area contributed by atoms with E-state index in [9.17, 15) is 15.3 Å². The molecular formula is C28H26N6O2. The molecule has 0 bridgehead atoms. The van der Waals surface area contributed by atoms with Gasteiger partial charge in [-0.1, -0.05) is 18.2 Å². The molecule has 2 heterocycles. The van der Waals surface area contributed by atoms with Crippen LogP contribution < -0.4 is 10.7 Å². The second-order valence-corrected chi connectivity index (χ2v) is 8.36. The Hall–Kier alpha value is -4.66. The van der Waals surface area contributed by atoms with Crippen LogP contribution in [0.25, 0.3) is 11.8 Å². The number of allylic oxidation sites excluding steroid dienone is 1. The van der Waals surface area contributed by atoms with E-state index in [0.717, 1.165) is 28.3 Å². The molecule has 0 aliphatic carbocycles. The third kappa shape index (κ3) is 4.50. The van der Waals surface area contributed by atoms with Crippen molar-refractivity contribution in [1.82, 2.24) is 4.57 Å². The van der Waals surface area contributed by atoms with Crippen molar-refractivity contribution in [3.05, 3.63) is 88.8 Å². The maximum atomic E-state index is 12.0. The smallest absolute Gasteiger partial charge is 0.338 e. The van der Waals surface area contributed by atoms with Crippen molar-refractivity contribution in [2.24, 2.45) is 16.8 Å². The number of aryl methyl sites for hydroxylation is 1. The predicted molar refractivity (Wildman–Crippen MR) is 138 cm³/mol. The Labute approximate surface area is 210 Å². The molecule has 0 saturated carbocycles. The van der Waals surface area contributed by atoms with Gasteiger partial charge < -0.3 is 15.0 Å². The van der Waals surface area contributed by atoms with Gasteiger partial charge in [0.05, 0.1) is 35.2 Å². The van der Waals surface area contributed by atoms with Crippen molar-refractivity contribution >= 4 is 23.4 Å². The lowest BCUT2D eigenvalue weighted by molar-refractivity contribution is 0.0526. The van der Waals surface area contributed by atoms with Crippen molar-refractivity contribution in [1.29, 1.82) is 10.5 Å². The third-order valence-corrected chi connectivity index (χ3v) is 6.10. The van der Waals surface area contributed by atoms with E-state index in [0.29, 0.717) is 17.9 Å². The Balaban J connectivity index is 1.70. The SMILES string of the molecule is CCOC(=O)c1ccc(-n2c(C)cc(/C=C(/C#N)C3=NN(c4ccccc4)[C@@H](N)[C@@H]3C#N)c2C)cc1. The van der Waals surface area contributed by atoms with Crippen LogP contribution in [0.3, 0.4) is 0 Å². The lowest BCUT2D eigenvalue weighted by atomic mass is 9.95. The van der Waals surface area contributed by atoms with Gasteiger partial charge in [-0.25, -0.2) is 9.80 Å². The largest absolute Gasteiger partial charge is 0.462 e. The summed E-state index contributed by atoms with van der Waals surface area (Å²) in [6, 6.07) is 22.9. The molecule has 180 valence electrons. The summed E-state index contributed by atoms with van der Waals surface area (Å²) >= 11 is 0. The minimum absolute atomic E-state index is 0.286. The standard InChI is InChI=1S/C28H26N6O2/c1-4-36-28(35)20-10-12-23(13-11-20)33-18(2)14-21(19(33)3)15-22(16-29)26-25(17-30)27(31)34(32-26)24-8-6-5-7-9-24/h5-15,25,27H,4,31H2,1-3H3/b22-15-/t25-,27-/m1/s1. The number of aromatic nitrogens is 1. The van der Waals surface area contributed by atoms with Gasteiger partial charge >= 0.3 is 5.97 Å². The Morgan fingerprint density at radius 2 is 1.81 bits per heavy atom. The third-order valence-electron chi connectivity index (χ3n) is 6.10. The molecule has 36 heavy (non-hydrogen) atoms. The summed E-state index contributed by atoms with van der Waals surface area (Å²) in [5, 5.41) is 26.0. The molecular weight excluding hydrogens is 452 g/mol. The van der Waals surface area contributed by atoms with E-state index < -0.39 is 12.1 Å². The molecule has 3 aromatic rings. The highest BCUT2D eigenvalue weighted by Gasteiger charge is 2.37. The van der Waals surface area contributed by atoms with Crippen molar-refractivity contribution in [3.63, 3.8) is 0 Å². The number of carbonyl (C=O) groups excluding carboxylic acids is 1. The number of nitrogens with two attached hydrogens (primary N) is 1. The van der Waals surface area contributed by atoms with Crippen molar-refractivity contribution in [2.45, 2.75) is 26.9 Å². The first-order valence-corrected chi connectivity index (χ1v) is 11.6. The first kappa shape index (κ1) is 24.5. The average Bonchev–Trinajstić information content (AvgIpc) is 3.37. The van der Waals surface area contributed by atoms with Crippen LogP contribution in [0.1, 0.15) is 34.2 Å². The van der Waals surface area contributed by atoms with Crippen molar-refractivity contribution < 1.29 is 9.53 Å². The Bertz CT molecular complexity index is 1420. The van der Waals surface area contributed by atoms with Gasteiger partial charge in [-0.3, -0.25) is 0 Å². The number of rotatable bonds is 6. The molecule has 0 saturated heterocycles. The van der Waals surface area contributed by atoms with E-state index in [1.165, 1.54) is 0 Å². The molecule has 1 aliphatic heterocycles. The maximum absolute atomic E-state index is 12.0. The van der Waals surface area contributed by atoms with Gasteiger partial charge in [0, 0.05) is 17.1 Å². The molecule has 0 radical (unpaired) electrons. The number of benzene rings is 2. The zero-order valence-electron chi connectivity index (χ0n) is 20.3. The van der Waals surface area contributed by atoms with Crippen LogP contribution in [-0.2, 0) is 4.74 Å². The van der Waals surface area contributed by atoms with Crippen LogP contribution in [0.15, 0.2) is 71.3 Å². The van der Waals surface area contributed by atoms with Crippen LogP contribution in [0.2, 0.25) is 0 Å². The summed E-state index contributed by atoms with van der Waals surface area (Å²) in [5.74, 6) is -1.12. The molecule has 4 rings (SSSR count). The first-order chi connectivity index (χ1) is 17.4. The van der Waals surface area contributed by atoms with Gasteiger partial charge in [-0.05, 0) is 74.9 Å². The number of anilines is 1. The van der Waals surface area contributed by atoms with Crippen LogP contribution >= 0.6 is 0 Å². The molecule has 2 atom stereocenters. The van der Waals surface area contributed by atoms with Crippen molar-refractivity contribution in [2.75, 3.05) is 11.6 Å². The normalized spacial score (nSPS) is 17.3. The number of hydrogen-bond acceptors (Lipinski definition) is 7. The fraction of sp³-hybridized carbons (Fsp3) is 0.214. The number of ether oxygens (including phenoxy) is 1. The number of hydrazone groups is 1. The first-order valence-electron chi connectivity index (χ1n) is 11.6. The molecule has 1 aliphatic rings. The molecule has 2 N–H and O–H groups in total. The summed E-state index contributed by atoms with van der Waals surface area (Å²) in [6.07, 6.45) is 1.05. The zero-order valence-corrected chi connectivity index (χ0v) is 20.3. The summed E-state index contributed by atoms with van der Waals surface area (Å²) in [5.41, 5.74) is 11.8. The van der Waals surface area contributed by atoms with Gasteiger partial charge in [0.25, 0.3) is 0 Å². The minimum atomic E-state index is -0.755.